The molecule has 1 heterocycles. The molecule has 3 nitrogen and oxygen atoms in total. The molecule has 1 N–H and O–H groups in total. The maximum absolute atomic E-state index is 12.4. The Morgan fingerprint density at radius 2 is 2.21 bits per heavy atom. The topological polar surface area (TPSA) is 32.3 Å². The largest absolute Gasteiger partial charge is 0.339 e. The van der Waals surface area contributed by atoms with Gasteiger partial charge in [0.05, 0.1) is 12.0 Å². The average Bonchev–Trinajstić information content (AvgIpc) is 2.90. The second-order valence-corrected chi connectivity index (χ2v) is 5.82. The molecule has 5 heteroatoms. The van der Waals surface area contributed by atoms with Crippen molar-refractivity contribution < 1.29 is 4.79 Å². The van der Waals surface area contributed by atoms with Crippen molar-refractivity contribution in [2.45, 2.75) is 19.4 Å². The van der Waals surface area contributed by atoms with E-state index in [-0.39, 0.29) is 17.9 Å². The number of halogens is 2. The molecule has 0 spiro atoms. The molecular weight excluding hydrogens is 283 g/mol. The van der Waals surface area contributed by atoms with Gasteiger partial charge in [-0.1, -0.05) is 29.3 Å². The predicted molar refractivity (Wildman–Crippen MR) is 78.6 cm³/mol. The Morgan fingerprint density at radius 1 is 1.47 bits per heavy atom. The van der Waals surface area contributed by atoms with E-state index in [9.17, 15) is 4.79 Å². The van der Waals surface area contributed by atoms with Crippen LogP contribution in [0.25, 0.3) is 0 Å². The van der Waals surface area contributed by atoms with Gasteiger partial charge in [0.15, 0.2) is 0 Å². The number of amides is 1. The molecule has 19 heavy (non-hydrogen) atoms. The maximum atomic E-state index is 12.4. The van der Waals surface area contributed by atoms with Crippen molar-refractivity contribution in [3.05, 3.63) is 33.8 Å². The van der Waals surface area contributed by atoms with Gasteiger partial charge in [-0.25, -0.2) is 0 Å². The Bertz CT molecular complexity index is 473. The number of nitrogens with one attached hydrogen (secondary N) is 1. The summed E-state index contributed by atoms with van der Waals surface area (Å²) in [5.41, 5.74) is 0.924. The van der Waals surface area contributed by atoms with Crippen molar-refractivity contribution >= 4 is 29.1 Å². The molecule has 1 saturated heterocycles. The minimum atomic E-state index is -0.0575. The van der Waals surface area contributed by atoms with Crippen LogP contribution in [0.1, 0.15) is 24.9 Å². The lowest BCUT2D eigenvalue weighted by atomic mass is 10.0. The molecule has 1 aliphatic heterocycles. The van der Waals surface area contributed by atoms with Gasteiger partial charge in [0, 0.05) is 23.6 Å². The number of benzene rings is 1. The minimum absolute atomic E-state index is 0.0575. The van der Waals surface area contributed by atoms with Crippen molar-refractivity contribution in [3.63, 3.8) is 0 Å². The van der Waals surface area contributed by atoms with Crippen LogP contribution >= 0.6 is 23.2 Å². The quantitative estimate of drug-likeness (QED) is 0.930. The minimum Gasteiger partial charge on any atom is -0.339 e. The molecule has 0 saturated carbocycles. The summed E-state index contributed by atoms with van der Waals surface area (Å²) in [6.45, 7) is 3.67. The van der Waals surface area contributed by atoms with Crippen LogP contribution in [-0.4, -0.2) is 30.9 Å². The second-order valence-electron chi connectivity index (χ2n) is 4.98. The zero-order valence-electron chi connectivity index (χ0n) is 11.1. The van der Waals surface area contributed by atoms with E-state index in [4.69, 9.17) is 23.2 Å². The molecule has 0 bridgehead atoms. The lowest BCUT2D eigenvalue weighted by Crippen LogP contribution is -2.35. The van der Waals surface area contributed by atoms with Crippen LogP contribution in [0.3, 0.4) is 0 Å². The van der Waals surface area contributed by atoms with Crippen LogP contribution in [0.15, 0.2) is 18.2 Å². The van der Waals surface area contributed by atoms with Crippen LogP contribution in [0.5, 0.6) is 0 Å². The van der Waals surface area contributed by atoms with Gasteiger partial charge in [-0.3, -0.25) is 4.79 Å². The Hall–Kier alpha value is -0.770. The van der Waals surface area contributed by atoms with Crippen molar-refractivity contribution in [2.75, 3.05) is 20.1 Å². The second kappa shape index (κ2) is 6.12. The van der Waals surface area contributed by atoms with Crippen LogP contribution in [-0.2, 0) is 4.79 Å². The van der Waals surface area contributed by atoms with Gasteiger partial charge in [0.25, 0.3) is 0 Å². The number of hydrogen-bond acceptors (Lipinski definition) is 2. The molecule has 0 aromatic heterocycles. The monoisotopic (exact) mass is 300 g/mol. The highest BCUT2D eigenvalue weighted by molar-refractivity contribution is 6.35. The molecular formula is C14H18Cl2N2O. The summed E-state index contributed by atoms with van der Waals surface area (Å²) >= 11 is 12.1. The van der Waals surface area contributed by atoms with E-state index in [2.05, 4.69) is 5.32 Å². The van der Waals surface area contributed by atoms with Gasteiger partial charge >= 0.3 is 0 Å². The molecule has 2 rings (SSSR count). The van der Waals surface area contributed by atoms with E-state index in [0.29, 0.717) is 10.0 Å². The summed E-state index contributed by atoms with van der Waals surface area (Å²) in [5, 5.41) is 4.42. The Kier molecular flexibility index (Phi) is 4.71. The van der Waals surface area contributed by atoms with E-state index in [0.717, 1.165) is 25.1 Å². The number of carbonyl (C=O) groups is 1. The third kappa shape index (κ3) is 3.22. The summed E-state index contributed by atoms with van der Waals surface area (Å²) in [4.78, 5) is 14.1. The first-order chi connectivity index (χ1) is 9.00. The third-order valence-electron chi connectivity index (χ3n) is 3.75. The van der Waals surface area contributed by atoms with E-state index in [1.54, 1.807) is 17.0 Å². The summed E-state index contributed by atoms with van der Waals surface area (Å²) < 4.78 is 0. The van der Waals surface area contributed by atoms with Gasteiger partial charge in [-0.05, 0) is 37.6 Å². The molecule has 1 amide bonds. The van der Waals surface area contributed by atoms with Gasteiger partial charge in [-0.2, -0.15) is 0 Å². The summed E-state index contributed by atoms with van der Waals surface area (Å²) in [5.74, 6) is 0.252. The molecule has 104 valence electrons. The molecule has 1 aliphatic rings. The number of carbonyl (C=O) groups excluding carboxylic acids is 1. The molecule has 0 aliphatic carbocycles. The predicted octanol–water partition coefficient (Wildman–Crippen LogP) is 3.12. The van der Waals surface area contributed by atoms with E-state index < -0.39 is 0 Å². The summed E-state index contributed by atoms with van der Waals surface area (Å²) in [7, 11) is 1.83. The fourth-order valence-electron chi connectivity index (χ4n) is 2.39. The highest BCUT2D eigenvalue weighted by atomic mass is 35.5. The first-order valence-electron chi connectivity index (χ1n) is 6.43. The Morgan fingerprint density at radius 3 is 2.79 bits per heavy atom. The molecule has 1 aromatic rings. The fourth-order valence-corrected chi connectivity index (χ4v) is 2.96. The smallest absolute Gasteiger partial charge is 0.227 e. The lowest BCUT2D eigenvalue weighted by Gasteiger charge is -2.28. The standard InChI is InChI=1S/C14H18Cl2N2O/c1-9(12-4-3-11(15)7-13(12)16)18(2)14(19)10-5-6-17-8-10/h3-4,7,9-10,17H,5-6,8H2,1-2H3/t9-,10-/m1/s1. The molecule has 1 fully saturated rings. The SMILES string of the molecule is C[C@H](c1ccc(Cl)cc1Cl)N(C)C(=O)[C@@H]1CCNC1. The molecule has 2 atom stereocenters. The molecule has 1 aromatic carbocycles. The van der Waals surface area contributed by atoms with Crippen molar-refractivity contribution in [2.24, 2.45) is 5.92 Å². The lowest BCUT2D eigenvalue weighted by molar-refractivity contribution is -0.135. The zero-order chi connectivity index (χ0) is 14.0. The summed E-state index contributed by atoms with van der Waals surface area (Å²) in [6, 6.07) is 5.34. The molecule has 0 unspecified atom stereocenters. The number of nitrogens with zero attached hydrogens (tertiary/aromatic N) is 1. The third-order valence-corrected chi connectivity index (χ3v) is 4.31. The van der Waals surface area contributed by atoms with Gasteiger partial charge < -0.3 is 10.2 Å². The Labute approximate surface area is 123 Å². The van der Waals surface area contributed by atoms with Crippen LogP contribution in [0.2, 0.25) is 10.0 Å². The first kappa shape index (κ1) is 14.6. The van der Waals surface area contributed by atoms with E-state index in [1.807, 2.05) is 20.0 Å². The van der Waals surface area contributed by atoms with Crippen molar-refractivity contribution in [1.29, 1.82) is 0 Å². The highest BCUT2D eigenvalue weighted by Crippen LogP contribution is 2.30. The van der Waals surface area contributed by atoms with Gasteiger partial charge in [0.1, 0.15) is 0 Å². The Balaban J connectivity index is 2.13. The van der Waals surface area contributed by atoms with Crippen molar-refractivity contribution in [3.8, 4) is 0 Å². The van der Waals surface area contributed by atoms with Crippen molar-refractivity contribution in [1.82, 2.24) is 10.2 Å². The van der Waals surface area contributed by atoms with Crippen LogP contribution in [0, 0.1) is 5.92 Å². The fraction of sp³-hybridized carbons (Fsp3) is 0.500. The van der Waals surface area contributed by atoms with Crippen LogP contribution in [0.4, 0.5) is 0 Å². The normalized spacial score (nSPS) is 20.3. The highest BCUT2D eigenvalue weighted by Gasteiger charge is 2.28. The van der Waals surface area contributed by atoms with E-state index >= 15 is 0 Å². The maximum Gasteiger partial charge on any atom is 0.227 e. The average molecular weight is 301 g/mol. The van der Waals surface area contributed by atoms with Gasteiger partial charge in [0.2, 0.25) is 5.91 Å². The summed E-state index contributed by atoms with van der Waals surface area (Å²) in [6.07, 6.45) is 0.907. The van der Waals surface area contributed by atoms with Gasteiger partial charge in [-0.15, -0.1) is 0 Å². The first-order valence-corrected chi connectivity index (χ1v) is 7.18. The zero-order valence-corrected chi connectivity index (χ0v) is 12.6. The number of rotatable bonds is 3. The van der Waals surface area contributed by atoms with Crippen LogP contribution < -0.4 is 5.32 Å². The molecule has 0 radical (unpaired) electrons. The van der Waals surface area contributed by atoms with E-state index in [1.165, 1.54) is 0 Å². The number of hydrogen-bond donors (Lipinski definition) is 1.